The summed E-state index contributed by atoms with van der Waals surface area (Å²) in [7, 11) is 0. The maximum absolute atomic E-state index is 5.61. The van der Waals surface area contributed by atoms with E-state index in [2.05, 4.69) is 15.5 Å². The fourth-order valence-corrected chi connectivity index (χ4v) is 1.59. The van der Waals surface area contributed by atoms with Crippen LogP contribution in [-0.2, 0) is 13.0 Å². The second-order valence-electron chi connectivity index (χ2n) is 3.87. The summed E-state index contributed by atoms with van der Waals surface area (Å²) in [4.78, 5) is 0. The summed E-state index contributed by atoms with van der Waals surface area (Å²) in [5.41, 5.74) is 5.46. The summed E-state index contributed by atoms with van der Waals surface area (Å²) >= 11 is 0. The molecule has 0 aliphatic rings. The molecule has 18 heavy (non-hydrogen) atoms. The Balaban J connectivity index is 1.81. The van der Waals surface area contributed by atoms with E-state index in [0.29, 0.717) is 19.6 Å². The fraction of sp³-hybridized carbons (Fsp3) is 0.417. The van der Waals surface area contributed by atoms with Crippen molar-refractivity contribution < 1.29 is 4.74 Å². The molecule has 0 aliphatic heterocycles. The van der Waals surface area contributed by atoms with E-state index in [1.807, 2.05) is 30.3 Å². The molecule has 2 N–H and O–H groups in total. The molecule has 6 nitrogen and oxygen atoms in total. The van der Waals surface area contributed by atoms with Gasteiger partial charge in [0.25, 0.3) is 0 Å². The van der Waals surface area contributed by atoms with Crippen LogP contribution < -0.4 is 10.5 Å². The van der Waals surface area contributed by atoms with Crippen LogP contribution in [0.1, 0.15) is 12.2 Å². The van der Waals surface area contributed by atoms with Crippen LogP contribution in [0.25, 0.3) is 0 Å². The normalized spacial score (nSPS) is 10.5. The molecule has 0 radical (unpaired) electrons. The first-order chi connectivity index (χ1) is 8.90. The molecule has 6 heteroatoms. The SMILES string of the molecule is NCCCn1nnnc1CCOc1ccccc1. The van der Waals surface area contributed by atoms with E-state index in [-0.39, 0.29) is 0 Å². The van der Waals surface area contributed by atoms with E-state index >= 15 is 0 Å². The Morgan fingerprint density at radius 2 is 2.06 bits per heavy atom. The first-order valence-electron chi connectivity index (χ1n) is 6.03. The first kappa shape index (κ1) is 12.5. The smallest absolute Gasteiger partial charge is 0.154 e. The summed E-state index contributed by atoms with van der Waals surface area (Å²) in [6.45, 7) is 1.96. The molecule has 1 aromatic carbocycles. The van der Waals surface area contributed by atoms with Gasteiger partial charge in [-0.25, -0.2) is 4.68 Å². The predicted molar refractivity (Wildman–Crippen MR) is 67.1 cm³/mol. The van der Waals surface area contributed by atoms with E-state index in [1.54, 1.807) is 4.68 Å². The minimum atomic E-state index is 0.563. The van der Waals surface area contributed by atoms with Crippen molar-refractivity contribution in [3.8, 4) is 5.75 Å². The number of aryl methyl sites for hydroxylation is 1. The highest BCUT2D eigenvalue weighted by Crippen LogP contribution is 2.08. The number of hydrogen-bond acceptors (Lipinski definition) is 5. The number of ether oxygens (including phenoxy) is 1. The Hall–Kier alpha value is -1.95. The molecule has 0 saturated carbocycles. The molecule has 0 atom stereocenters. The number of nitrogens with two attached hydrogens (primary N) is 1. The molecule has 0 spiro atoms. The zero-order chi connectivity index (χ0) is 12.6. The van der Waals surface area contributed by atoms with Gasteiger partial charge in [0.2, 0.25) is 0 Å². The Morgan fingerprint density at radius 3 is 2.83 bits per heavy atom. The Kier molecular flexibility index (Phi) is 4.66. The molecule has 96 valence electrons. The molecule has 1 heterocycles. The van der Waals surface area contributed by atoms with Gasteiger partial charge >= 0.3 is 0 Å². The van der Waals surface area contributed by atoms with Crippen molar-refractivity contribution in [2.45, 2.75) is 19.4 Å². The number of benzene rings is 1. The summed E-state index contributed by atoms with van der Waals surface area (Å²) in [6.07, 6.45) is 1.56. The zero-order valence-corrected chi connectivity index (χ0v) is 10.2. The molecule has 0 unspecified atom stereocenters. The lowest BCUT2D eigenvalue weighted by molar-refractivity contribution is 0.315. The topological polar surface area (TPSA) is 78.9 Å². The highest BCUT2D eigenvalue weighted by molar-refractivity contribution is 5.20. The Labute approximate surface area is 106 Å². The number of tetrazole rings is 1. The van der Waals surface area contributed by atoms with Gasteiger partial charge in [-0.15, -0.1) is 5.10 Å². The summed E-state index contributed by atoms with van der Waals surface area (Å²) < 4.78 is 7.38. The predicted octanol–water partition coefficient (Wildman–Crippen LogP) is 0.643. The van der Waals surface area contributed by atoms with Crippen molar-refractivity contribution >= 4 is 0 Å². The van der Waals surface area contributed by atoms with Crippen molar-refractivity contribution in [2.24, 2.45) is 5.73 Å². The van der Waals surface area contributed by atoms with Crippen molar-refractivity contribution in [2.75, 3.05) is 13.2 Å². The molecule has 0 fully saturated rings. The van der Waals surface area contributed by atoms with Crippen molar-refractivity contribution in [1.29, 1.82) is 0 Å². The molecule has 0 bridgehead atoms. The monoisotopic (exact) mass is 247 g/mol. The molecule has 0 aliphatic carbocycles. The van der Waals surface area contributed by atoms with Crippen LogP contribution in [0.4, 0.5) is 0 Å². The minimum Gasteiger partial charge on any atom is -0.493 e. The van der Waals surface area contributed by atoms with E-state index in [1.165, 1.54) is 0 Å². The number of aromatic nitrogens is 4. The third kappa shape index (κ3) is 3.53. The quantitative estimate of drug-likeness (QED) is 0.777. The van der Waals surface area contributed by atoms with Gasteiger partial charge in [-0.05, 0) is 35.5 Å². The van der Waals surface area contributed by atoms with E-state index in [4.69, 9.17) is 10.5 Å². The second kappa shape index (κ2) is 6.70. The van der Waals surface area contributed by atoms with Gasteiger partial charge in [0.15, 0.2) is 5.82 Å². The first-order valence-corrected chi connectivity index (χ1v) is 6.03. The number of hydrogen-bond donors (Lipinski definition) is 1. The van der Waals surface area contributed by atoms with E-state index in [9.17, 15) is 0 Å². The van der Waals surface area contributed by atoms with Gasteiger partial charge in [0.1, 0.15) is 5.75 Å². The molecule has 2 rings (SSSR count). The standard InChI is InChI=1S/C12H17N5O/c13-8-4-9-17-12(14-15-16-17)7-10-18-11-5-2-1-3-6-11/h1-3,5-6H,4,7-10,13H2. The van der Waals surface area contributed by atoms with Gasteiger partial charge in [-0.2, -0.15) is 0 Å². The summed E-state index contributed by atoms with van der Waals surface area (Å²) in [5, 5.41) is 11.6. The largest absolute Gasteiger partial charge is 0.493 e. The highest BCUT2D eigenvalue weighted by Gasteiger charge is 2.05. The summed E-state index contributed by atoms with van der Waals surface area (Å²) in [6, 6.07) is 9.70. The van der Waals surface area contributed by atoms with Crippen molar-refractivity contribution in [3.63, 3.8) is 0 Å². The van der Waals surface area contributed by atoms with Crippen LogP contribution in [0.15, 0.2) is 30.3 Å². The third-order valence-corrected chi connectivity index (χ3v) is 2.52. The maximum Gasteiger partial charge on any atom is 0.154 e. The van der Waals surface area contributed by atoms with Crippen LogP contribution in [0.3, 0.4) is 0 Å². The average Bonchev–Trinajstić information content (AvgIpc) is 2.85. The number of para-hydroxylation sites is 1. The third-order valence-electron chi connectivity index (χ3n) is 2.52. The number of rotatable bonds is 7. The van der Waals surface area contributed by atoms with Crippen LogP contribution in [-0.4, -0.2) is 33.4 Å². The summed E-state index contributed by atoms with van der Waals surface area (Å²) in [5.74, 6) is 1.69. The van der Waals surface area contributed by atoms with E-state index < -0.39 is 0 Å². The highest BCUT2D eigenvalue weighted by atomic mass is 16.5. The fourth-order valence-electron chi connectivity index (χ4n) is 1.59. The van der Waals surface area contributed by atoms with Gasteiger partial charge in [0.05, 0.1) is 6.61 Å². The van der Waals surface area contributed by atoms with Gasteiger partial charge in [-0.1, -0.05) is 18.2 Å². The van der Waals surface area contributed by atoms with Crippen LogP contribution in [0.5, 0.6) is 5.75 Å². The maximum atomic E-state index is 5.61. The zero-order valence-electron chi connectivity index (χ0n) is 10.2. The van der Waals surface area contributed by atoms with Crippen molar-refractivity contribution in [1.82, 2.24) is 20.2 Å². The molecule has 1 aromatic heterocycles. The second-order valence-corrected chi connectivity index (χ2v) is 3.87. The Bertz CT molecular complexity index is 457. The molecule has 2 aromatic rings. The average molecular weight is 247 g/mol. The lowest BCUT2D eigenvalue weighted by atomic mass is 10.3. The van der Waals surface area contributed by atoms with E-state index in [0.717, 1.165) is 24.5 Å². The Morgan fingerprint density at radius 1 is 1.22 bits per heavy atom. The van der Waals surface area contributed by atoms with Gasteiger partial charge in [-0.3, -0.25) is 0 Å². The minimum absolute atomic E-state index is 0.563. The lowest BCUT2D eigenvalue weighted by Crippen LogP contribution is -2.12. The lowest BCUT2D eigenvalue weighted by Gasteiger charge is -2.06. The number of nitrogens with zero attached hydrogens (tertiary/aromatic N) is 4. The van der Waals surface area contributed by atoms with Crippen LogP contribution in [0.2, 0.25) is 0 Å². The molecule has 0 amide bonds. The van der Waals surface area contributed by atoms with Gasteiger partial charge in [0, 0.05) is 13.0 Å². The molecular weight excluding hydrogens is 230 g/mol. The van der Waals surface area contributed by atoms with Gasteiger partial charge < -0.3 is 10.5 Å². The van der Waals surface area contributed by atoms with Crippen LogP contribution >= 0.6 is 0 Å². The van der Waals surface area contributed by atoms with Crippen LogP contribution in [0, 0.1) is 0 Å². The van der Waals surface area contributed by atoms with Crippen molar-refractivity contribution in [3.05, 3.63) is 36.2 Å². The molecule has 0 saturated heterocycles. The molecular formula is C12H17N5O.